The maximum Gasteiger partial charge on any atom is 0.306 e. The summed E-state index contributed by atoms with van der Waals surface area (Å²) in [5.74, 6) is 0.642. The van der Waals surface area contributed by atoms with Gasteiger partial charge < -0.3 is 9.47 Å². The fourth-order valence-corrected chi connectivity index (χ4v) is 5.63. The Morgan fingerprint density at radius 1 is 1.13 bits per heavy atom. The molecule has 1 aromatic heterocycles. The Labute approximate surface area is 230 Å². The van der Waals surface area contributed by atoms with E-state index < -0.39 is 0 Å². The van der Waals surface area contributed by atoms with Gasteiger partial charge in [0.2, 0.25) is 0 Å². The summed E-state index contributed by atoms with van der Waals surface area (Å²) in [5, 5.41) is 8.61. The van der Waals surface area contributed by atoms with Crippen LogP contribution in [-0.2, 0) is 29.7 Å². The average Bonchev–Trinajstić information content (AvgIpc) is 3.20. The largest absolute Gasteiger partial charge is 0.489 e. The van der Waals surface area contributed by atoms with Gasteiger partial charge in [-0.1, -0.05) is 54.6 Å². The van der Waals surface area contributed by atoms with Crippen molar-refractivity contribution < 1.29 is 14.3 Å². The second-order valence-electron chi connectivity index (χ2n) is 10.5. The summed E-state index contributed by atoms with van der Waals surface area (Å²) < 4.78 is 13.5. The third-order valence-electron chi connectivity index (χ3n) is 7.88. The minimum Gasteiger partial charge on any atom is -0.489 e. The van der Waals surface area contributed by atoms with Crippen molar-refractivity contribution in [2.75, 3.05) is 13.2 Å². The number of carbonyl (C=O) groups excluding carboxylic acids is 1. The van der Waals surface area contributed by atoms with Crippen LogP contribution in [0, 0.1) is 13.8 Å². The number of hydrogen-bond acceptors (Lipinski definition) is 6. The molecule has 7 heteroatoms. The highest BCUT2D eigenvalue weighted by molar-refractivity contribution is 5.80. The van der Waals surface area contributed by atoms with Crippen molar-refractivity contribution >= 4 is 17.0 Å². The summed E-state index contributed by atoms with van der Waals surface area (Å²) in [4.78, 5) is 15.3. The van der Waals surface area contributed by atoms with E-state index in [1.807, 2.05) is 26.1 Å². The van der Waals surface area contributed by atoms with Crippen LogP contribution in [0.2, 0.25) is 0 Å². The third kappa shape index (κ3) is 5.69. The molecule has 0 amide bonds. The van der Waals surface area contributed by atoms with Gasteiger partial charge in [-0.3, -0.25) is 9.69 Å². The number of para-hydroxylation sites is 1. The molecule has 4 aromatic rings. The summed E-state index contributed by atoms with van der Waals surface area (Å²) in [6, 6.07) is 19.1. The molecule has 1 aliphatic rings. The lowest BCUT2D eigenvalue weighted by Gasteiger charge is -2.25. The SMILES string of the molecule is CCOC(=O)C[C@@H](c1ccc(C)c(CN2Cc3ccccc3OC(CC)C2)c1)c1ccc2c(nnn2C)c1C. The predicted octanol–water partition coefficient (Wildman–Crippen LogP) is 5.84. The van der Waals surface area contributed by atoms with Crippen LogP contribution in [0.4, 0.5) is 0 Å². The Morgan fingerprint density at radius 3 is 2.74 bits per heavy atom. The van der Waals surface area contributed by atoms with Crippen LogP contribution >= 0.6 is 0 Å². The lowest BCUT2D eigenvalue weighted by atomic mass is 9.84. The van der Waals surface area contributed by atoms with Crippen molar-refractivity contribution in [3.8, 4) is 5.75 Å². The molecule has 2 atom stereocenters. The second kappa shape index (κ2) is 11.6. The van der Waals surface area contributed by atoms with Crippen molar-refractivity contribution in [3.05, 3.63) is 88.0 Å². The smallest absolute Gasteiger partial charge is 0.306 e. The van der Waals surface area contributed by atoms with Crippen molar-refractivity contribution in [3.63, 3.8) is 0 Å². The highest BCUT2D eigenvalue weighted by atomic mass is 16.5. The molecule has 3 aromatic carbocycles. The number of aromatic nitrogens is 3. The van der Waals surface area contributed by atoms with Gasteiger partial charge in [-0.15, -0.1) is 5.10 Å². The molecule has 0 fully saturated rings. The molecule has 0 saturated heterocycles. The van der Waals surface area contributed by atoms with Crippen molar-refractivity contribution in [1.82, 2.24) is 19.9 Å². The molecule has 0 spiro atoms. The number of benzene rings is 3. The zero-order valence-corrected chi connectivity index (χ0v) is 23.6. The highest BCUT2D eigenvalue weighted by Gasteiger charge is 2.25. The van der Waals surface area contributed by atoms with Gasteiger partial charge in [-0.25, -0.2) is 4.68 Å². The number of fused-ring (bicyclic) bond motifs is 2. The van der Waals surface area contributed by atoms with E-state index in [4.69, 9.17) is 9.47 Å². The maximum atomic E-state index is 12.8. The van der Waals surface area contributed by atoms with Gasteiger partial charge in [-0.05, 0) is 67.1 Å². The quantitative estimate of drug-likeness (QED) is 0.269. The number of esters is 1. The molecule has 0 aliphatic carbocycles. The van der Waals surface area contributed by atoms with Crippen LogP contribution in [0.25, 0.3) is 11.0 Å². The van der Waals surface area contributed by atoms with Gasteiger partial charge in [0.1, 0.15) is 17.4 Å². The Balaban J connectivity index is 1.50. The molecule has 0 N–H and O–H groups in total. The normalized spacial score (nSPS) is 16.4. The van der Waals surface area contributed by atoms with E-state index in [2.05, 4.69) is 78.4 Å². The number of aryl methyl sites for hydroxylation is 3. The molecule has 39 heavy (non-hydrogen) atoms. The number of rotatable bonds is 8. The van der Waals surface area contributed by atoms with Crippen molar-refractivity contribution in [2.45, 2.75) is 65.6 Å². The highest BCUT2D eigenvalue weighted by Crippen LogP contribution is 2.35. The first-order chi connectivity index (χ1) is 18.9. The molecule has 1 aliphatic heterocycles. The summed E-state index contributed by atoms with van der Waals surface area (Å²) in [5.41, 5.74) is 8.78. The summed E-state index contributed by atoms with van der Waals surface area (Å²) in [6.07, 6.45) is 1.37. The molecule has 0 bridgehead atoms. The molecular formula is C32H38N4O3. The fraction of sp³-hybridized carbons (Fsp3) is 0.406. The van der Waals surface area contributed by atoms with Crippen LogP contribution in [0.5, 0.6) is 5.75 Å². The van der Waals surface area contributed by atoms with E-state index in [1.165, 1.54) is 16.7 Å². The summed E-state index contributed by atoms with van der Waals surface area (Å²) in [7, 11) is 1.90. The Hall–Kier alpha value is -3.71. The lowest BCUT2D eigenvalue weighted by Crippen LogP contribution is -2.32. The van der Waals surface area contributed by atoms with E-state index in [1.54, 1.807) is 4.68 Å². The summed E-state index contributed by atoms with van der Waals surface area (Å²) >= 11 is 0. The third-order valence-corrected chi connectivity index (χ3v) is 7.88. The van der Waals surface area contributed by atoms with E-state index in [9.17, 15) is 4.79 Å². The molecular weight excluding hydrogens is 488 g/mol. The molecule has 7 nitrogen and oxygen atoms in total. The van der Waals surface area contributed by atoms with E-state index in [-0.39, 0.29) is 24.4 Å². The Morgan fingerprint density at radius 2 is 1.95 bits per heavy atom. The van der Waals surface area contributed by atoms with E-state index in [0.717, 1.165) is 59.5 Å². The van der Waals surface area contributed by atoms with Gasteiger partial charge in [0.05, 0.1) is 18.5 Å². The van der Waals surface area contributed by atoms with Crippen LogP contribution in [0.3, 0.4) is 0 Å². The average molecular weight is 527 g/mol. The topological polar surface area (TPSA) is 69.5 Å². The molecule has 5 rings (SSSR count). The molecule has 204 valence electrons. The molecule has 0 saturated carbocycles. The first-order valence-electron chi connectivity index (χ1n) is 13.9. The first kappa shape index (κ1) is 26.9. The number of hydrogen-bond donors (Lipinski definition) is 0. The number of carbonyl (C=O) groups is 1. The predicted molar refractivity (Wildman–Crippen MR) is 153 cm³/mol. The van der Waals surface area contributed by atoms with Gasteiger partial charge >= 0.3 is 5.97 Å². The van der Waals surface area contributed by atoms with E-state index >= 15 is 0 Å². The van der Waals surface area contributed by atoms with Gasteiger partial charge in [-0.2, -0.15) is 0 Å². The molecule has 0 radical (unpaired) electrons. The second-order valence-corrected chi connectivity index (χ2v) is 10.5. The molecule has 2 heterocycles. The van der Waals surface area contributed by atoms with E-state index in [0.29, 0.717) is 6.61 Å². The minimum absolute atomic E-state index is 0.147. The van der Waals surface area contributed by atoms with Gasteiger partial charge in [0, 0.05) is 38.2 Å². The van der Waals surface area contributed by atoms with Crippen molar-refractivity contribution in [2.24, 2.45) is 7.05 Å². The summed E-state index contributed by atoms with van der Waals surface area (Å²) in [6.45, 7) is 11.1. The zero-order valence-electron chi connectivity index (χ0n) is 23.6. The van der Waals surface area contributed by atoms with Crippen LogP contribution in [-0.4, -0.2) is 45.1 Å². The first-order valence-corrected chi connectivity index (χ1v) is 13.9. The number of nitrogens with zero attached hydrogens (tertiary/aromatic N) is 4. The van der Waals surface area contributed by atoms with Gasteiger partial charge in [0.15, 0.2) is 0 Å². The minimum atomic E-state index is -0.199. The molecule has 1 unspecified atom stereocenters. The van der Waals surface area contributed by atoms with Crippen LogP contribution in [0.1, 0.15) is 66.0 Å². The number of ether oxygens (including phenoxy) is 2. The monoisotopic (exact) mass is 526 g/mol. The van der Waals surface area contributed by atoms with Crippen molar-refractivity contribution in [1.29, 1.82) is 0 Å². The Bertz CT molecular complexity index is 1480. The lowest BCUT2D eigenvalue weighted by molar-refractivity contribution is -0.143. The maximum absolute atomic E-state index is 12.8. The zero-order chi connectivity index (χ0) is 27.5. The fourth-order valence-electron chi connectivity index (χ4n) is 5.63. The standard InChI is InChI=1S/C32H38N4O3/c1-6-26-20-36(18-24-10-8-9-11-30(24)39-26)19-25-16-23(13-12-21(25)3)28(17-31(37)38-7-2)27-14-15-29-32(22(27)4)33-34-35(29)5/h8-16,26,28H,6-7,17-20H2,1-5H3/t26?,28-/m0/s1. The van der Waals surface area contributed by atoms with Crippen LogP contribution in [0.15, 0.2) is 54.6 Å². The Kier molecular flexibility index (Phi) is 7.98. The van der Waals surface area contributed by atoms with Gasteiger partial charge in [0.25, 0.3) is 0 Å². The van der Waals surface area contributed by atoms with Crippen LogP contribution < -0.4 is 4.74 Å².